The maximum absolute atomic E-state index is 5.45. The second kappa shape index (κ2) is 3.67. The molecule has 1 saturated carbocycles. The molecule has 1 aliphatic rings. The van der Waals surface area contributed by atoms with Gasteiger partial charge in [0.1, 0.15) is 0 Å². The van der Waals surface area contributed by atoms with Crippen LogP contribution in [0.4, 0.5) is 0 Å². The molecule has 0 amide bonds. The van der Waals surface area contributed by atoms with Crippen LogP contribution in [0, 0.1) is 0 Å². The highest BCUT2D eigenvalue weighted by Gasteiger charge is 2.16. The van der Waals surface area contributed by atoms with E-state index in [1.165, 1.54) is 19.3 Å². The number of hydrogen-bond donors (Lipinski definition) is 0. The monoisotopic (exact) mass is 126 g/mol. The first-order chi connectivity index (χ1) is 4.43. The zero-order chi connectivity index (χ0) is 6.53. The summed E-state index contributed by atoms with van der Waals surface area (Å²) in [6.45, 7) is 4.49. The molecule has 0 aromatic carbocycles. The SMILES string of the molecule is C=CCCOC1CCC1. The lowest BCUT2D eigenvalue weighted by atomic mass is 9.96. The van der Waals surface area contributed by atoms with Gasteiger partial charge in [-0.2, -0.15) is 0 Å². The molecule has 1 rings (SSSR count). The van der Waals surface area contributed by atoms with Gasteiger partial charge in [-0.05, 0) is 25.7 Å². The van der Waals surface area contributed by atoms with E-state index in [1.54, 1.807) is 0 Å². The molecule has 9 heavy (non-hydrogen) atoms. The molecule has 0 heterocycles. The van der Waals surface area contributed by atoms with Crippen LogP contribution in [0.3, 0.4) is 0 Å². The minimum atomic E-state index is 0.588. The van der Waals surface area contributed by atoms with Crippen LogP contribution >= 0.6 is 0 Å². The van der Waals surface area contributed by atoms with E-state index in [2.05, 4.69) is 6.58 Å². The van der Waals surface area contributed by atoms with E-state index in [0.717, 1.165) is 13.0 Å². The number of hydrogen-bond acceptors (Lipinski definition) is 1. The summed E-state index contributed by atoms with van der Waals surface area (Å²) in [6.07, 6.45) is 7.40. The van der Waals surface area contributed by atoms with Crippen LogP contribution in [-0.2, 0) is 4.74 Å². The van der Waals surface area contributed by atoms with Gasteiger partial charge in [0.25, 0.3) is 0 Å². The minimum absolute atomic E-state index is 0.588. The third kappa shape index (κ3) is 2.19. The Labute approximate surface area is 56.7 Å². The summed E-state index contributed by atoms with van der Waals surface area (Å²) in [5.74, 6) is 0. The van der Waals surface area contributed by atoms with E-state index >= 15 is 0 Å². The van der Waals surface area contributed by atoms with Crippen LogP contribution in [0.1, 0.15) is 25.7 Å². The second-order valence-corrected chi connectivity index (χ2v) is 2.50. The van der Waals surface area contributed by atoms with Gasteiger partial charge in [0.15, 0.2) is 0 Å². The standard InChI is InChI=1S/C8H14O/c1-2-3-7-9-8-5-4-6-8/h2,8H,1,3-7H2. The van der Waals surface area contributed by atoms with E-state index in [1.807, 2.05) is 6.08 Å². The average Bonchev–Trinajstić information content (AvgIpc) is 1.76. The van der Waals surface area contributed by atoms with Crippen molar-refractivity contribution in [2.75, 3.05) is 6.61 Å². The Bertz CT molecular complexity index is 84.6. The summed E-state index contributed by atoms with van der Waals surface area (Å²) in [4.78, 5) is 0. The van der Waals surface area contributed by atoms with Crippen LogP contribution in [0.5, 0.6) is 0 Å². The molecule has 1 fully saturated rings. The van der Waals surface area contributed by atoms with Gasteiger partial charge in [-0.1, -0.05) is 6.08 Å². The number of ether oxygens (including phenoxy) is 1. The Kier molecular flexibility index (Phi) is 2.78. The minimum Gasteiger partial charge on any atom is -0.378 e. The third-order valence-corrected chi connectivity index (χ3v) is 1.73. The lowest BCUT2D eigenvalue weighted by molar-refractivity contribution is 0.00497. The van der Waals surface area contributed by atoms with Gasteiger partial charge >= 0.3 is 0 Å². The van der Waals surface area contributed by atoms with Crippen molar-refractivity contribution in [3.05, 3.63) is 12.7 Å². The Hall–Kier alpha value is -0.300. The predicted molar refractivity (Wildman–Crippen MR) is 38.4 cm³/mol. The Morgan fingerprint density at radius 1 is 1.56 bits per heavy atom. The van der Waals surface area contributed by atoms with Gasteiger partial charge in [0.2, 0.25) is 0 Å². The van der Waals surface area contributed by atoms with E-state index in [9.17, 15) is 0 Å². The Morgan fingerprint density at radius 2 is 2.33 bits per heavy atom. The summed E-state index contributed by atoms with van der Waals surface area (Å²) >= 11 is 0. The van der Waals surface area contributed by atoms with Crippen molar-refractivity contribution < 1.29 is 4.74 Å². The van der Waals surface area contributed by atoms with Crippen LogP contribution in [0.25, 0.3) is 0 Å². The Morgan fingerprint density at radius 3 is 2.78 bits per heavy atom. The molecular weight excluding hydrogens is 112 g/mol. The van der Waals surface area contributed by atoms with Gasteiger partial charge in [-0.25, -0.2) is 0 Å². The molecular formula is C8H14O. The van der Waals surface area contributed by atoms with Crippen molar-refractivity contribution >= 4 is 0 Å². The topological polar surface area (TPSA) is 9.23 Å². The average molecular weight is 126 g/mol. The smallest absolute Gasteiger partial charge is 0.0575 e. The van der Waals surface area contributed by atoms with Gasteiger partial charge < -0.3 is 4.74 Å². The summed E-state index contributed by atoms with van der Waals surface area (Å²) < 4.78 is 5.45. The molecule has 0 N–H and O–H groups in total. The second-order valence-electron chi connectivity index (χ2n) is 2.50. The first kappa shape index (κ1) is 6.81. The lowest BCUT2D eigenvalue weighted by Crippen LogP contribution is -2.21. The maximum atomic E-state index is 5.45. The summed E-state index contributed by atoms with van der Waals surface area (Å²) in [6, 6.07) is 0. The fourth-order valence-corrected chi connectivity index (χ4v) is 0.855. The van der Waals surface area contributed by atoms with Crippen molar-refractivity contribution in [1.82, 2.24) is 0 Å². The lowest BCUT2D eigenvalue weighted by Gasteiger charge is -2.25. The summed E-state index contributed by atoms with van der Waals surface area (Å²) in [7, 11) is 0. The van der Waals surface area contributed by atoms with E-state index in [-0.39, 0.29) is 0 Å². The van der Waals surface area contributed by atoms with Crippen molar-refractivity contribution in [2.45, 2.75) is 31.8 Å². The molecule has 1 aliphatic carbocycles. The van der Waals surface area contributed by atoms with E-state index in [0.29, 0.717) is 6.10 Å². The molecule has 0 spiro atoms. The molecule has 0 aromatic rings. The molecule has 0 aliphatic heterocycles. The molecule has 0 saturated heterocycles. The molecule has 0 bridgehead atoms. The van der Waals surface area contributed by atoms with Gasteiger partial charge in [0, 0.05) is 0 Å². The number of rotatable bonds is 4. The summed E-state index contributed by atoms with van der Waals surface area (Å²) in [5.41, 5.74) is 0. The van der Waals surface area contributed by atoms with Crippen molar-refractivity contribution in [2.24, 2.45) is 0 Å². The fraction of sp³-hybridized carbons (Fsp3) is 0.750. The Balaban J connectivity index is 1.85. The first-order valence-corrected chi connectivity index (χ1v) is 3.66. The highest BCUT2D eigenvalue weighted by Crippen LogP contribution is 2.21. The van der Waals surface area contributed by atoms with Crippen LogP contribution in [-0.4, -0.2) is 12.7 Å². The van der Waals surface area contributed by atoms with Crippen molar-refractivity contribution in [3.63, 3.8) is 0 Å². The van der Waals surface area contributed by atoms with Crippen LogP contribution in [0.15, 0.2) is 12.7 Å². The van der Waals surface area contributed by atoms with Crippen LogP contribution < -0.4 is 0 Å². The predicted octanol–water partition coefficient (Wildman–Crippen LogP) is 2.13. The molecule has 0 unspecified atom stereocenters. The van der Waals surface area contributed by atoms with Crippen LogP contribution in [0.2, 0.25) is 0 Å². The van der Waals surface area contributed by atoms with Crippen molar-refractivity contribution in [1.29, 1.82) is 0 Å². The molecule has 1 nitrogen and oxygen atoms in total. The van der Waals surface area contributed by atoms with Gasteiger partial charge in [-0.3, -0.25) is 0 Å². The first-order valence-electron chi connectivity index (χ1n) is 3.66. The molecule has 1 heteroatoms. The third-order valence-electron chi connectivity index (χ3n) is 1.73. The molecule has 52 valence electrons. The van der Waals surface area contributed by atoms with E-state index in [4.69, 9.17) is 4.74 Å². The zero-order valence-corrected chi connectivity index (χ0v) is 5.81. The quantitative estimate of drug-likeness (QED) is 0.414. The fourth-order valence-electron chi connectivity index (χ4n) is 0.855. The maximum Gasteiger partial charge on any atom is 0.0575 e. The van der Waals surface area contributed by atoms with Crippen molar-refractivity contribution in [3.8, 4) is 0 Å². The van der Waals surface area contributed by atoms with Gasteiger partial charge in [-0.15, -0.1) is 6.58 Å². The normalized spacial score (nSPS) is 19.1. The molecule has 0 radical (unpaired) electrons. The molecule has 0 atom stereocenters. The highest BCUT2D eigenvalue weighted by atomic mass is 16.5. The van der Waals surface area contributed by atoms with E-state index < -0.39 is 0 Å². The molecule has 0 aromatic heterocycles. The zero-order valence-electron chi connectivity index (χ0n) is 5.81. The van der Waals surface area contributed by atoms with Gasteiger partial charge in [0.05, 0.1) is 12.7 Å². The highest BCUT2D eigenvalue weighted by molar-refractivity contribution is 4.71. The summed E-state index contributed by atoms with van der Waals surface area (Å²) in [5, 5.41) is 0. The largest absolute Gasteiger partial charge is 0.378 e.